The van der Waals surface area contributed by atoms with E-state index in [1.165, 1.54) is 30.4 Å². The van der Waals surface area contributed by atoms with Crippen LogP contribution in [0.3, 0.4) is 0 Å². The van der Waals surface area contributed by atoms with Crippen LogP contribution in [0.4, 0.5) is 0 Å². The van der Waals surface area contributed by atoms with Crippen molar-refractivity contribution in [2.75, 3.05) is 6.61 Å². The molecule has 0 saturated heterocycles. The maximum Gasteiger partial charge on any atom is 0.338 e. The molecule has 0 unspecified atom stereocenters. The molecule has 0 radical (unpaired) electrons. The molecular weight excluding hydrogens is 372 g/mol. The summed E-state index contributed by atoms with van der Waals surface area (Å²) in [6.07, 6.45) is 12.1. The van der Waals surface area contributed by atoms with Crippen LogP contribution in [0, 0.1) is 5.41 Å². The van der Waals surface area contributed by atoms with Gasteiger partial charge in [-0.1, -0.05) is 51.0 Å². The summed E-state index contributed by atoms with van der Waals surface area (Å²) in [6.45, 7) is 11.5. The first-order valence-electron chi connectivity index (χ1n) is 11.1. The molecule has 3 heteroatoms. The highest BCUT2D eigenvalue weighted by Gasteiger charge is 2.26. The van der Waals surface area contributed by atoms with Crippen LogP contribution in [-0.4, -0.2) is 12.6 Å². The molecule has 3 nitrogen and oxygen atoms in total. The normalized spacial score (nSPS) is 17.2. The zero-order valence-corrected chi connectivity index (χ0v) is 19.0. The van der Waals surface area contributed by atoms with Gasteiger partial charge in [0.1, 0.15) is 11.3 Å². The number of hydrogen-bond donors (Lipinski definition) is 0. The summed E-state index contributed by atoms with van der Waals surface area (Å²) in [5.41, 5.74) is 5.56. The molecule has 0 atom stereocenters. The molecule has 0 fully saturated rings. The number of allylic oxidation sites excluding steroid dienone is 5. The Morgan fingerprint density at radius 1 is 1.27 bits per heavy atom. The Hall–Kier alpha value is -2.55. The highest BCUT2D eigenvalue weighted by atomic mass is 16.5. The standard InChI is InChI=1S/C27H34O3/c1-6-7-15-29-26(28)22-12-11-21-17-23(30-25(21)18-22)16-19(2)10-13-24-20(3)9-8-14-27(24,4)5/h10-13,16-18H,6-9,14-15H2,1-5H3/b13-10?,19-16+. The summed E-state index contributed by atoms with van der Waals surface area (Å²) >= 11 is 0. The molecule has 0 saturated carbocycles. The van der Waals surface area contributed by atoms with E-state index in [4.69, 9.17) is 9.15 Å². The Labute approximate surface area is 180 Å². The van der Waals surface area contributed by atoms with Gasteiger partial charge >= 0.3 is 5.97 Å². The van der Waals surface area contributed by atoms with Crippen LogP contribution in [0.25, 0.3) is 17.0 Å². The Bertz CT molecular complexity index is 998. The lowest BCUT2D eigenvalue weighted by Crippen LogP contribution is -2.19. The van der Waals surface area contributed by atoms with Gasteiger partial charge in [0.2, 0.25) is 0 Å². The van der Waals surface area contributed by atoms with Crippen molar-refractivity contribution in [3.63, 3.8) is 0 Å². The van der Waals surface area contributed by atoms with E-state index in [-0.39, 0.29) is 11.4 Å². The average Bonchev–Trinajstić information content (AvgIpc) is 3.08. The fourth-order valence-corrected chi connectivity index (χ4v) is 4.14. The van der Waals surface area contributed by atoms with Gasteiger partial charge in [0.15, 0.2) is 0 Å². The van der Waals surface area contributed by atoms with Crippen molar-refractivity contribution < 1.29 is 13.9 Å². The van der Waals surface area contributed by atoms with Gasteiger partial charge in [-0.3, -0.25) is 0 Å². The SMILES string of the molecule is CCCCOC(=O)c1ccc2cc(/C=C(\C)C=CC3=C(C)CCCC3(C)C)oc2c1. The van der Waals surface area contributed by atoms with Gasteiger partial charge in [0, 0.05) is 5.39 Å². The fourth-order valence-electron chi connectivity index (χ4n) is 4.14. The topological polar surface area (TPSA) is 39.4 Å². The Morgan fingerprint density at radius 3 is 2.80 bits per heavy atom. The molecule has 1 aromatic carbocycles. The third-order valence-electron chi connectivity index (χ3n) is 5.93. The molecule has 0 N–H and O–H groups in total. The molecular formula is C27H34O3. The Kier molecular flexibility index (Phi) is 7.02. The second-order valence-electron chi connectivity index (χ2n) is 9.04. The van der Waals surface area contributed by atoms with Gasteiger partial charge in [-0.15, -0.1) is 0 Å². The van der Waals surface area contributed by atoms with Crippen molar-refractivity contribution in [2.24, 2.45) is 5.41 Å². The predicted octanol–water partition coefficient (Wildman–Crippen LogP) is 7.88. The molecule has 1 aliphatic carbocycles. The predicted molar refractivity (Wildman–Crippen MR) is 125 cm³/mol. The fraction of sp³-hybridized carbons (Fsp3) is 0.444. The van der Waals surface area contributed by atoms with E-state index in [2.05, 4.69) is 46.8 Å². The molecule has 2 aromatic rings. The summed E-state index contributed by atoms with van der Waals surface area (Å²) in [6, 6.07) is 7.49. The smallest absolute Gasteiger partial charge is 0.338 e. The monoisotopic (exact) mass is 406 g/mol. The highest BCUT2D eigenvalue weighted by Crippen LogP contribution is 2.40. The van der Waals surface area contributed by atoms with Crippen LogP contribution in [0.2, 0.25) is 0 Å². The first kappa shape index (κ1) is 22.1. The minimum absolute atomic E-state index is 0.237. The van der Waals surface area contributed by atoms with Crippen LogP contribution in [-0.2, 0) is 4.74 Å². The lowest BCUT2D eigenvalue weighted by atomic mass is 9.72. The molecule has 0 aliphatic heterocycles. The second-order valence-corrected chi connectivity index (χ2v) is 9.04. The molecule has 160 valence electrons. The van der Waals surface area contributed by atoms with Gasteiger partial charge in [-0.2, -0.15) is 0 Å². The molecule has 1 heterocycles. The zero-order valence-electron chi connectivity index (χ0n) is 19.0. The van der Waals surface area contributed by atoms with Crippen LogP contribution in [0.15, 0.2) is 57.6 Å². The van der Waals surface area contributed by atoms with Gasteiger partial charge in [-0.05, 0) is 80.4 Å². The van der Waals surface area contributed by atoms with Crippen LogP contribution in [0.5, 0.6) is 0 Å². The van der Waals surface area contributed by atoms with Crippen LogP contribution in [0.1, 0.15) is 82.8 Å². The van der Waals surface area contributed by atoms with E-state index >= 15 is 0 Å². The molecule has 0 amide bonds. The van der Waals surface area contributed by atoms with Gasteiger partial charge in [-0.25, -0.2) is 4.79 Å². The summed E-state index contributed by atoms with van der Waals surface area (Å²) in [5.74, 6) is 0.494. The minimum atomic E-state index is -0.295. The van der Waals surface area contributed by atoms with E-state index < -0.39 is 0 Å². The van der Waals surface area contributed by atoms with E-state index in [1.807, 2.05) is 18.2 Å². The van der Waals surface area contributed by atoms with Crippen LogP contribution < -0.4 is 0 Å². The van der Waals surface area contributed by atoms with Crippen molar-refractivity contribution in [2.45, 2.75) is 66.7 Å². The lowest BCUT2D eigenvalue weighted by Gasteiger charge is -2.32. The lowest BCUT2D eigenvalue weighted by molar-refractivity contribution is 0.0500. The molecule has 30 heavy (non-hydrogen) atoms. The van der Waals surface area contributed by atoms with E-state index in [0.717, 1.165) is 29.6 Å². The Balaban J connectivity index is 1.76. The molecule has 0 bridgehead atoms. The zero-order chi connectivity index (χ0) is 21.7. The molecule has 1 aromatic heterocycles. The first-order chi connectivity index (χ1) is 14.3. The van der Waals surface area contributed by atoms with E-state index in [0.29, 0.717) is 17.8 Å². The number of ether oxygens (including phenoxy) is 1. The maximum atomic E-state index is 12.2. The number of fused-ring (bicyclic) bond motifs is 1. The third kappa shape index (κ3) is 5.33. The summed E-state index contributed by atoms with van der Waals surface area (Å²) < 4.78 is 11.3. The maximum absolute atomic E-state index is 12.2. The summed E-state index contributed by atoms with van der Waals surface area (Å²) in [7, 11) is 0. The number of furan rings is 1. The summed E-state index contributed by atoms with van der Waals surface area (Å²) in [5, 5.41) is 0.982. The quantitative estimate of drug-likeness (QED) is 0.267. The van der Waals surface area contributed by atoms with E-state index in [9.17, 15) is 4.79 Å². The number of esters is 1. The number of hydrogen-bond acceptors (Lipinski definition) is 3. The number of rotatable bonds is 7. The van der Waals surface area contributed by atoms with Crippen LogP contribution >= 0.6 is 0 Å². The Morgan fingerprint density at radius 2 is 2.07 bits per heavy atom. The van der Waals surface area contributed by atoms with Gasteiger partial charge in [0.05, 0.1) is 12.2 Å². The largest absolute Gasteiger partial charge is 0.462 e. The summed E-state index contributed by atoms with van der Waals surface area (Å²) in [4.78, 5) is 12.2. The van der Waals surface area contributed by atoms with Crippen molar-refractivity contribution >= 4 is 23.0 Å². The number of unbranched alkanes of at least 4 members (excludes halogenated alkanes) is 1. The first-order valence-corrected chi connectivity index (χ1v) is 11.1. The van der Waals surface area contributed by atoms with Crippen molar-refractivity contribution in [3.8, 4) is 0 Å². The number of benzene rings is 1. The molecule has 1 aliphatic rings. The minimum Gasteiger partial charge on any atom is -0.462 e. The van der Waals surface area contributed by atoms with Crippen molar-refractivity contribution in [1.82, 2.24) is 0 Å². The van der Waals surface area contributed by atoms with E-state index in [1.54, 1.807) is 12.1 Å². The van der Waals surface area contributed by atoms with Gasteiger partial charge in [0.25, 0.3) is 0 Å². The van der Waals surface area contributed by atoms with Crippen molar-refractivity contribution in [3.05, 3.63) is 64.5 Å². The molecule has 0 spiro atoms. The number of carbonyl (C=O) groups excluding carboxylic acids is 1. The third-order valence-corrected chi connectivity index (χ3v) is 5.93. The number of carbonyl (C=O) groups is 1. The van der Waals surface area contributed by atoms with Crippen molar-refractivity contribution in [1.29, 1.82) is 0 Å². The average molecular weight is 407 g/mol. The molecule has 3 rings (SSSR count). The van der Waals surface area contributed by atoms with Gasteiger partial charge < -0.3 is 9.15 Å². The second kappa shape index (κ2) is 9.51. The highest BCUT2D eigenvalue weighted by molar-refractivity contribution is 5.94.